The molecule has 0 radical (unpaired) electrons. The summed E-state index contributed by atoms with van der Waals surface area (Å²) in [5.41, 5.74) is 2.88. The Morgan fingerprint density at radius 3 is 2.70 bits per heavy atom. The molecule has 0 aliphatic heterocycles. The summed E-state index contributed by atoms with van der Waals surface area (Å²) in [6.07, 6.45) is 0.796. The summed E-state index contributed by atoms with van der Waals surface area (Å²) in [6.45, 7) is 2.02. The van der Waals surface area contributed by atoms with Crippen LogP contribution < -0.4 is 34.7 Å². The Morgan fingerprint density at radius 1 is 1.35 bits per heavy atom. The Morgan fingerprint density at radius 2 is 2.09 bits per heavy atom. The number of ether oxygens (including phenoxy) is 1. The van der Waals surface area contributed by atoms with Gasteiger partial charge < -0.3 is 19.6 Å². The Labute approximate surface area is 161 Å². The summed E-state index contributed by atoms with van der Waals surface area (Å²) in [5.74, 6) is -1.16. The largest absolute Gasteiger partial charge is 1.00 e. The van der Waals surface area contributed by atoms with Crippen LogP contribution in [-0.2, 0) is 21.8 Å². The maximum absolute atomic E-state index is 12.1. The number of H-pyrrole nitrogens is 1. The molecule has 0 amide bonds. The normalized spacial score (nSPS) is 10.3. The number of esters is 1. The molecule has 2 aromatic rings. The molecule has 0 fully saturated rings. The van der Waals surface area contributed by atoms with Crippen molar-refractivity contribution in [2.45, 2.75) is 32.1 Å². The van der Waals surface area contributed by atoms with Crippen LogP contribution in [0.5, 0.6) is 0 Å². The van der Waals surface area contributed by atoms with E-state index in [1.54, 1.807) is 6.92 Å². The van der Waals surface area contributed by atoms with Crippen molar-refractivity contribution >= 4 is 34.4 Å². The maximum Gasteiger partial charge on any atom is 1.00 e. The third kappa shape index (κ3) is 4.98. The first kappa shape index (κ1) is 20.0. The number of carbonyl (C=O) groups excluding carboxylic acids is 2. The minimum Gasteiger partial charge on any atom is -0.550 e. The van der Waals surface area contributed by atoms with Crippen molar-refractivity contribution in [3.8, 4) is 0 Å². The Hall–Kier alpha value is -1.01. The van der Waals surface area contributed by atoms with E-state index < -0.39 is 11.9 Å². The van der Waals surface area contributed by atoms with Crippen molar-refractivity contribution in [2.75, 3.05) is 6.61 Å². The number of hydrogen-bond donors (Lipinski definition) is 1. The van der Waals surface area contributed by atoms with Crippen LogP contribution in [0.4, 0.5) is 0 Å². The van der Waals surface area contributed by atoms with Gasteiger partial charge in [-0.1, -0.05) is 6.07 Å². The molecule has 23 heavy (non-hydrogen) atoms. The summed E-state index contributed by atoms with van der Waals surface area (Å²) in [5, 5.41) is 11.5. The zero-order valence-electron chi connectivity index (χ0n) is 13.3. The summed E-state index contributed by atoms with van der Waals surface area (Å²) in [4.78, 5) is 25.7. The Kier molecular flexibility index (Phi) is 8.12. The fourth-order valence-electron chi connectivity index (χ4n) is 2.42. The van der Waals surface area contributed by atoms with E-state index in [9.17, 15) is 14.7 Å². The molecule has 0 unspecified atom stereocenters. The van der Waals surface area contributed by atoms with Gasteiger partial charge in [0, 0.05) is 22.8 Å². The fourth-order valence-corrected chi connectivity index (χ4v) is 2.59. The van der Waals surface area contributed by atoms with Gasteiger partial charge in [-0.05, 0) is 49.4 Å². The van der Waals surface area contributed by atoms with Gasteiger partial charge in [-0.25, -0.2) is 4.79 Å². The van der Waals surface area contributed by atoms with E-state index in [2.05, 4.69) is 4.98 Å². The average Bonchev–Trinajstić information content (AvgIpc) is 2.85. The number of aromatic nitrogens is 1. The van der Waals surface area contributed by atoms with E-state index in [1.165, 1.54) is 0 Å². The van der Waals surface area contributed by atoms with Crippen LogP contribution in [0.2, 0.25) is 0 Å². The van der Waals surface area contributed by atoms with Gasteiger partial charge in [0.25, 0.3) is 0 Å². The first-order valence-corrected chi connectivity index (χ1v) is 7.66. The predicted molar refractivity (Wildman–Crippen MR) is 81.8 cm³/mol. The SMILES string of the molecule is CCOC(=O)c1[nH]c2ccc(CCl)cc2c1CCCC(=O)[O-].[Na+]. The molecule has 0 atom stereocenters. The van der Waals surface area contributed by atoms with Crippen LogP contribution in [0.15, 0.2) is 18.2 Å². The van der Waals surface area contributed by atoms with Gasteiger partial charge in [0.1, 0.15) is 5.69 Å². The van der Waals surface area contributed by atoms with Crippen molar-refractivity contribution in [1.29, 1.82) is 0 Å². The van der Waals surface area contributed by atoms with Gasteiger partial charge in [-0.3, -0.25) is 0 Å². The monoisotopic (exact) mass is 345 g/mol. The molecule has 0 aliphatic carbocycles. The van der Waals surface area contributed by atoms with Crippen LogP contribution in [-0.4, -0.2) is 23.5 Å². The van der Waals surface area contributed by atoms with E-state index in [1.807, 2.05) is 18.2 Å². The molecular weight excluding hydrogens is 329 g/mol. The first-order valence-electron chi connectivity index (χ1n) is 7.13. The van der Waals surface area contributed by atoms with Gasteiger partial charge in [-0.15, -0.1) is 11.6 Å². The van der Waals surface area contributed by atoms with Gasteiger partial charge in [0.05, 0.1) is 6.61 Å². The first-order chi connectivity index (χ1) is 10.6. The Balaban J connectivity index is 0.00000264. The van der Waals surface area contributed by atoms with Crippen molar-refractivity contribution in [1.82, 2.24) is 4.98 Å². The summed E-state index contributed by atoms with van der Waals surface area (Å²) in [6, 6.07) is 5.65. The fraction of sp³-hybridized carbons (Fsp3) is 0.375. The molecule has 0 spiro atoms. The minimum atomic E-state index is -1.10. The number of carboxylic acid groups (broad SMARTS) is 1. The van der Waals surface area contributed by atoms with Crippen LogP contribution in [0.1, 0.15) is 41.4 Å². The quantitative estimate of drug-likeness (QED) is 0.403. The second-order valence-corrected chi connectivity index (χ2v) is 5.21. The summed E-state index contributed by atoms with van der Waals surface area (Å²) in [7, 11) is 0. The van der Waals surface area contributed by atoms with Gasteiger partial charge in [-0.2, -0.15) is 0 Å². The molecular formula is C16H17ClNNaO4. The number of halogens is 1. The van der Waals surface area contributed by atoms with Gasteiger partial charge in [0.2, 0.25) is 0 Å². The summed E-state index contributed by atoms with van der Waals surface area (Å²) >= 11 is 5.86. The molecule has 0 saturated heterocycles. The average molecular weight is 346 g/mol. The number of fused-ring (bicyclic) bond motifs is 1. The zero-order valence-corrected chi connectivity index (χ0v) is 16.0. The number of nitrogens with one attached hydrogen (secondary N) is 1. The molecule has 0 saturated carbocycles. The smallest absolute Gasteiger partial charge is 0.550 e. The number of alkyl halides is 1. The number of carboxylic acids is 1. The van der Waals surface area contributed by atoms with E-state index in [-0.39, 0.29) is 42.6 Å². The number of hydrogen-bond acceptors (Lipinski definition) is 4. The molecule has 1 aromatic carbocycles. The number of carbonyl (C=O) groups is 2. The topological polar surface area (TPSA) is 82.2 Å². The standard InChI is InChI=1S/C16H18ClNO4.Na/c1-2-22-16(21)15-11(4-3-5-14(19)20)12-8-10(9-17)6-7-13(12)18-15;/h6-8,18H,2-5,9H2,1H3,(H,19,20);/q;+1/p-1. The van der Waals surface area contributed by atoms with E-state index in [4.69, 9.17) is 16.3 Å². The molecule has 0 aliphatic rings. The van der Waals surface area contributed by atoms with Crippen LogP contribution in [0.3, 0.4) is 0 Å². The van der Waals surface area contributed by atoms with Crippen LogP contribution in [0, 0.1) is 0 Å². The second-order valence-electron chi connectivity index (χ2n) is 4.94. The molecule has 1 heterocycles. The number of aryl methyl sites for hydroxylation is 1. The minimum absolute atomic E-state index is 0. The van der Waals surface area contributed by atoms with E-state index >= 15 is 0 Å². The molecule has 0 bridgehead atoms. The molecule has 1 aromatic heterocycles. The third-order valence-electron chi connectivity index (χ3n) is 3.41. The van der Waals surface area contributed by atoms with Gasteiger partial charge >= 0.3 is 35.5 Å². The third-order valence-corrected chi connectivity index (χ3v) is 3.72. The van der Waals surface area contributed by atoms with Gasteiger partial charge in [0.15, 0.2) is 0 Å². The maximum atomic E-state index is 12.1. The molecule has 1 N–H and O–H groups in total. The van der Waals surface area contributed by atoms with Crippen molar-refractivity contribution in [2.24, 2.45) is 0 Å². The number of rotatable bonds is 7. The van der Waals surface area contributed by atoms with Crippen molar-refractivity contribution < 1.29 is 49.0 Å². The van der Waals surface area contributed by atoms with Crippen LogP contribution >= 0.6 is 11.6 Å². The molecule has 5 nitrogen and oxygen atoms in total. The molecule has 118 valence electrons. The zero-order chi connectivity index (χ0) is 16.1. The van der Waals surface area contributed by atoms with E-state index in [0.29, 0.717) is 24.4 Å². The summed E-state index contributed by atoms with van der Waals surface area (Å²) < 4.78 is 5.06. The Bertz CT molecular complexity index is 699. The van der Waals surface area contributed by atoms with Crippen molar-refractivity contribution in [3.05, 3.63) is 35.0 Å². The molecule has 2 rings (SSSR count). The second kappa shape index (κ2) is 9.33. The molecule has 7 heteroatoms. The number of aromatic amines is 1. The number of aliphatic carboxylic acids is 1. The van der Waals surface area contributed by atoms with E-state index in [0.717, 1.165) is 22.0 Å². The number of benzene rings is 1. The van der Waals surface area contributed by atoms with Crippen molar-refractivity contribution in [3.63, 3.8) is 0 Å². The predicted octanol–water partition coefficient (Wildman–Crippen LogP) is -0.840. The van der Waals surface area contributed by atoms with Crippen LogP contribution in [0.25, 0.3) is 10.9 Å².